The Bertz CT molecular complexity index is 1600. The van der Waals surface area contributed by atoms with Crippen LogP contribution in [0.4, 0.5) is 11.4 Å². The van der Waals surface area contributed by atoms with E-state index in [9.17, 15) is 44.4 Å². The Morgan fingerprint density at radius 3 is 2.08 bits per heavy atom. The number of anilines is 2. The molecule has 0 aliphatic heterocycles. The minimum absolute atomic E-state index is 0.00926. The zero-order valence-electron chi connectivity index (χ0n) is 28.9. The summed E-state index contributed by atoms with van der Waals surface area (Å²) < 4.78 is 0. The lowest BCUT2D eigenvalue weighted by molar-refractivity contribution is -0.148. The van der Waals surface area contributed by atoms with Crippen LogP contribution in [0.5, 0.6) is 5.75 Å². The highest BCUT2D eigenvalue weighted by Gasteiger charge is 2.63. The number of fused-ring (bicyclic) bond motifs is 3. The number of nitrogens with one attached hydrogen (secondary N) is 2. The van der Waals surface area contributed by atoms with Gasteiger partial charge >= 0.3 is 0 Å². The minimum atomic E-state index is -2.73. The Morgan fingerprint density at radius 1 is 1.06 bits per heavy atom. The van der Waals surface area contributed by atoms with Crippen LogP contribution in [0.25, 0.3) is 0 Å². The standard InChI is InChI=1S/C29H39N5O8.C4H9NO/c1-28(2,3)31-11-17(35)32-15-10-16(33(4)5)13-8-12-9-14-21(34(6)7)24(38)20(27(30)41)26(40)29(14,42)25(39)18(12)23(37)19(13)22(15)36;1-3(2)4(5)6/h10,12,14,21,31,36,38-39,42H,8-9,11H2,1-7H3,(H2,30,41)(H,32,35);3H,1-2H3,(H2,5,6)/t12-,14-,21-,29-;/m0./s1. The zero-order valence-corrected chi connectivity index (χ0v) is 28.9. The molecule has 0 aromatic heterocycles. The number of primary amides is 2. The molecular formula is C33H48N6O9. The maximum atomic E-state index is 14.1. The van der Waals surface area contributed by atoms with E-state index >= 15 is 0 Å². The van der Waals surface area contributed by atoms with Gasteiger partial charge in [-0.3, -0.25) is 28.9 Å². The Morgan fingerprint density at radius 2 is 1.62 bits per heavy atom. The largest absolute Gasteiger partial charge is 0.510 e. The molecule has 3 amide bonds. The van der Waals surface area contributed by atoms with E-state index in [-0.39, 0.29) is 53.6 Å². The fraction of sp³-hybridized carbons (Fsp3) is 0.545. The number of nitrogens with two attached hydrogens (primary N) is 2. The number of aliphatic hydroxyl groups excluding tert-OH is 2. The number of carbonyl (C=O) groups excluding carboxylic acids is 5. The number of aromatic hydroxyl groups is 1. The number of likely N-dealkylation sites (N-methyl/N-ethyl adjacent to an activating group) is 1. The number of ketones is 2. The lowest BCUT2D eigenvalue weighted by Gasteiger charge is -2.50. The Kier molecular flexibility index (Phi) is 10.7. The summed E-state index contributed by atoms with van der Waals surface area (Å²) in [5, 5.41) is 51.1. The van der Waals surface area contributed by atoms with Crippen LogP contribution in [0.3, 0.4) is 0 Å². The van der Waals surface area contributed by atoms with Gasteiger partial charge in [0, 0.05) is 42.7 Å². The fourth-order valence-electron chi connectivity index (χ4n) is 6.33. The molecule has 4 rings (SSSR count). The van der Waals surface area contributed by atoms with E-state index in [2.05, 4.69) is 10.6 Å². The van der Waals surface area contributed by atoms with Gasteiger partial charge in [0.1, 0.15) is 17.1 Å². The topological polar surface area (TPSA) is 249 Å². The lowest BCUT2D eigenvalue weighted by atomic mass is 9.58. The third-order valence-corrected chi connectivity index (χ3v) is 8.80. The molecule has 3 aliphatic rings. The average molecular weight is 673 g/mol. The molecule has 0 saturated carbocycles. The van der Waals surface area contributed by atoms with Gasteiger partial charge in [-0.2, -0.15) is 0 Å². The molecule has 4 atom stereocenters. The van der Waals surface area contributed by atoms with Crippen LogP contribution >= 0.6 is 0 Å². The molecule has 1 aromatic rings. The number of phenols is 1. The number of carbonyl (C=O) groups is 5. The molecular weight excluding hydrogens is 624 g/mol. The highest BCUT2D eigenvalue weighted by Crippen LogP contribution is 2.53. The minimum Gasteiger partial charge on any atom is -0.510 e. The summed E-state index contributed by atoms with van der Waals surface area (Å²) in [5.41, 5.74) is 6.76. The van der Waals surface area contributed by atoms with Gasteiger partial charge in [0.05, 0.1) is 23.8 Å². The van der Waals surface area contributed by atoms with Crippen LogP contribution < -0.4 is 27.0 Å². The van der Waals surface area contributed by atoms with Gasteiger partial charge in [-0.15, -0.1) is 0 Å². The first kappa shape index (κ1) is 38.0. The second-order valence-corrected chi connectivity index (χ2v) is 14.2. The number of Topliss-reactive ketones (excluding diaryl/α,β-unsaturated/α-hetero) is 2. The van der Waals surface area contributed by atoms with Crippen LogP contribution in [-0.2, 0) is 25.6 Å². The molecule has 0 radical (unpaired) electrons. The van der Waals surface area contributed by atoms with Crippen LogP contribution in [0.15, 0.2) is 28.7 Å². The highest BCUT2D eigenvalue weighted by atomic mass is 16.3. The van der Waals surface area contributed by atoms with E-state index in [4.69, 9.17) is 11.5 Å². The second kappa shape index (κ2) is 13.6. The normalized spacial score (nSPS) is 23.6. The monoisotopic (exact) mass is 672 g/mol. The van der Waals surface area contributed by atoms with Gasteiger partial charge in [0.15, 0.2) is 17.1 Å². The van der Waals surface area contributed by atoms with Crippen molar-refractivity contribution in [2.75, 3.05) is 45.0 Å². The van der Waals surface area contributed by atoms with Crippen molar-refractivity contribution in [2.45, 2.75) is 64.6 Å². The summed E-state index contributed by atoms with van der Waals surface area (Å²) in [6, 6.07) is 0.487. The molecule has 264 valence electrons. The summed E-state index contributed by atoms with van der Waals surface area (Å²) in [7, 11) is 6.62. The van der Waals surface area contributed by atoms with Crippen molar-refractivity contribution < 1.29 is 44.4 Å². The van der Waals surface area contributed by atoms with E-state index < -0.39 is 69.7 Å². The number of rotatable bonds is 7. The van der Waals surface area contributed by atoms with Crippen molar-refractivity contribution in [1.29, 1.82) is 0 Å². The number of hydrogen-bond donors (Lipinski definition) is 8. The number of allylic oxidation sites excluding steroid dienone is 1. The van der Waals surface area contributed by atoms with E-state index in [1.807, 2.05) is 20.8 Å². The summed E-state index contributed by atoms with van der Waals surface area (Å²) in [5.74, 6) is -8.04. The second-order valence-electron chi connectivity index (χ2n) is 14.2. The maximum Gasteiger partial charge on any atom is 0.255 e. The van der Waals surface area contributed by atoms with Crippen LogP contribution in [-0.4, -0.2) is 107 Å². The first-order valence-electron chi connectivity index (χ1n) is 15.5. The molecule has 48 heavy (non-hydrogen) atoms. The van der Waals surface area contributed by atoms with Gasteiger partial charge in [0.2, 0.25) is 17.6 Å². The first-order valence-corrected chi connectivity index (χ1v) is 15.5. The Hall–Kier alpha value is -4.47. The molecule has 15 heteroatoms. The molecule has 10 N–H and O–H groups in total. The number of phenolic OH excluding ortho intramolecular Hbond substituents is 1. The Labute approximate surface area is 279 Å². The summed E-state index contributed by atoms with van der Waals surface area (Å²) >= 11 is 0. The molecule has 15 nitrogen and oxygen atoms in total. The fourth-order valence-corrected chi connectivity index (χ4v) is 6.33. The molecule has 0 heterocycles. The molecule has 0 bridgehead atoms. The zero-order chi connectivity index (χ0) is 36.8. The maximum absolute atomic E-state index is 14.1. The molecule has 0 spiro atoms. The van der Waals surface area contributed by atoms with Gasteiger partial charge in [-0.25, -0.2) is 0 Å². The Balaban J connectivity index is 0.000000952. The summed E-state index contributed by atoms with van der Waals surface area (Å²) in [6.07, 6.45) is 0.117. The van der Waals surface area contributed by atoms with Crippen LogP contribution in [0.1, 0.15) is 57.0 Å². The van der Waals surface area contributed by atoms with Crippen molar-refractivity contribution in [1.82, 2.24) is 10.2 Å². The number of nitrogens with zero attached hydrogens (tertiary/aromatic N) is 2. The SMILES string of the molecule is CC(C)C(N)=O.CN(C)c1cc(NC(=O)CNC(C)(C)C)c(O)c2c1C[C@H]1C[C@H]3[C@H](N(C)C)C(O)=C(C(N)=O)C(=O)[C@@]3(O)C(O)=C1C2=O. The number of hydrogen-bond acceptors (Lipinski definition) is 12. The predicted molar refractivity (Wildman–Crippen MR) is 178 cm³/mol. The quantitative estimate of drug-likeness (QED) is 0.147. The smallest absolute Gasteiger partial charge is 0.255 e. The third kappa shape index (κ3) is 6.89. The number of aliphatic hydroxyl groups is 3. The third-order valence-electron chi connectivity index (χ3n) is 8.80. The molecule has 0 fully saturated rings. The van der Waals surface area contributed by atoms with Gasteiger partial charge in [-0.1, -0.05) is 13.8 Å². The number of amides is 3. The molecule has 1 aromatic carbocycles. The van der Waals surface area contributed by atoms with E-state index in [0.29, 0.717) is 11.3 Å². The molecule has 0 saturated heterocycles. The van der Waals surface area contributed by atoms with Crippen molar-refractivity contribution >= 4 is 40.7 Å². The van der Waals surface area contributed by atoms with Gasteiger partial charge < -0.3 is 47.4 Å². The van der Waals surface area contributed by atoms with Crippen molar-refractivity contribution in [3.8, 4) is 5.75 Å². The van der Waals surface area contributed by atoms with E-state index in [1.165, 1.54) is 4.90 Å². The van der Waals surface area contributed by atoms with Crippen molar-refractivity contribution in [3.63, 3.8) is 0 Å². The van der Waals surface area contributed by atoms with Crippen molar-refractivity contribution in [3.05, 3.63) is 39.9 Å². The van der Waals surface area contributed by atoms with Gasteiger partial charge in [-0.05, 0) is 65.3 Å². The summed E-state index contributed by atoms with van der Waals surface area (Å²) in [4.78, 5) is 65.5. The number of benzene rings is 1. The summed E-state index contributed by atoms with van der Waals surface area (Å²) in [6.45, 7) is 9.14. The molecule has 0 unspecified atom stereocenters. The highest BCUT2D eigenvalue weighted by molar-refractivity contribution is 6.25. The van der Waals surface area contributed by atoms with Gasteiger partial charge in [0.25, 0.3) is 5.91 Å². The van der Waals surface area contributed by atoms with Crippen LogP contribution in [0, 0.1) is 17.8 Å². The molecule has 3 aliphatic carbocycles. The van der Waals surface area contributed by atoms with Crippen molar-refractivity contribution in [2.24, 2.45) is 29.2 Å². The lowest BCUT2D eigenvalue weighted by Crippen LogP contribution is -2.63. The first-order chi connectivity index (χ1) is 22.0. The van der Waals surface area contributed by atoms with E-state index in [0.717, 1.165) is 0 Å². The predicted octanol–water partition coefficient (Wildman–Crippen LogP) is 0.641. The van der Waals surface area contributed by atoms with E-state index in [1.54, 1.807) is 53.0 Å². The van der Waals surface area contributed by atoms with Crippen LogP contribution in [0.2, 0.25) is 0 Å². The average Bonchev–Trinajstić information content (AvgIpc) is 2.94.